The van der Waals surface area contributed by atoms with Crippen molar-refractivity contribution in [3.8, 4) is 0 Å². The lowest BCUT2D eigenvalue weighted by Gasteiger charge is -2.12. The number of rotatable bonds is 5. The second-order valence-electron chi connectivity index (χ2n) is 7.06. The lowest BCUT2D eigenvalue weighted by Crippen LogP contribution is -2.23. The maximum Gasteiger partial charge on any atom is 0.262 e. The predicted molar refractivity (Wildman–Crippen MR) is 104 cm³/mol. The summed E-state index contributed by atoms with van der Waals surface area (Å²) in [4.78, 5) is 21.9. The summed E-state index contributed by atoms with van der Waals surface area (Å²) < 4.78 is 7.03. The van der Waals surface area contributed by atoms with E-state index in [9.17, 15) is 4.79 Å². The van der Waals surface area contributed by atoms with Crippen LogP contribution in [0.25, 0.3) is 10.9 Å². The van der Waals surface area contributed by atoms with E-state index >= 15 is 0 Å². The standard InChI is InChI=1S/C18H21ClN4O2S/c1-5-8-23-15(24)12-7-6-11(19)9-13(12)20-17(23)26-10-14-21-16(22-25-14)18(2,3)4/h6-7,9H,5,8,10H2,1-4H3. The zero-order chi connectivity index (χ0) is 18.9. The number of benzene rings is 1. The van der Waals surface area contributed by atoms with Gasteiger partial charge in [0.15, 0.2) is 11.0 Å². The van der Waals surface area contributed by atoms with Gasteiger partial charge < -0.3 is 4.52 Å². The fraction of sp³-hybridized carbons (Fsp3) is 0.444. The van der Waals surface area contributed by atoms with Gasteiger partial charge in [0, 0.05) is 17.0 Å². The lowest BCUT2D eigenvalue weighted by molar-refractivity contribution is 0.372. The minimum absolute atomic E-state index is 0.0584. The van der Waals surface area contributed by atoms with Gasteiger partial charge in [-0.15, -0.1) is 0 Å². The monoisotopic (exact) mass is 392 g/mol. The van der Waals surface area contributed by atoms with Crippen molar-refractivity contribution in [1.29, 1.82) is 0 Å². The van der Waals surface area contributed by atoms with Crippen molar-refractivity contribution in [2.75, 3.05) is 0 Å². The van der Waals surface area contributed by atoms with E-state index in [0.717, 1.165) is 6.42 Å². The molecular weight excluding hydrogens is 372 g/mol. The highest BCUT2D eigenvalue weighted by atomic mass is 35.5. The Morgan fingerprint density at radius 1 is 1.27 bits per heavy atom. The SMILES string of the molecule is CCCn1c(SCc2nc(C(C)(C)C)no2)nc2cc(Cl)ccc2c1=O. The maximum atomic E-state index is 12.8. The second kappa shape index (κ2) is 7.40. The van der Waals surface area contributed by atoms with Crippen LogP contribution in [-0.2, 0) is 17.7 Å². The van der Waals surface area contributed by atoms with Crippen molar-refractivity contribution in [1.82, 2.24) is 19.7 Å². The van der Waals surface area contributed by atoms with E-state index in [4.69, 9.17) is 16.1 Å². The van der Waals surface area contributed by atoms with Crippen LogP contribution in [0.3, 0.4) is 0 Å². The number of fused-ring (bicyclic) bond motifs is 1. The average molecular weight is 393 g/mol. The molecule has 26 heavy (non-hydrogen) atoms. The Hall–Kier alpha value is -1.86. The highest BCUT2D eigenvalue weighted by molar-refractivity contribution is 7.98. The normalized spacial score (nSPS) is 12.0. The lowest BCUT2D eigenvalue weighted by atomic mass is 9.96. The summed E-state index contributed by atoms with van der Waals surface area (Å²) in [6.45, 7) is 8.72. The van der Waals surface area contributed by atoms with Gasteiger partial charge in [0.25, 0.3) is 5.56 Å². The molecule has 0 fully saturated rings. The van der Waals surface area contributed by atoms with Gasteiger partial charge >= 0.3 is 0 Å². The molecule has 0 aliphatic carbocycles. The molecule has 2 heterocycles. The minimum Gasteiger partial charge on any atom is -0.338 e. The average Bonchev–Trinajstić information content (AvgIpc) is 3.05. The Labute approximate surface area is 161 Å². The first-order valence-corrected chi connectivity index (χ1v) is 9.82. The molecule has 3 aromatic rings. The molecule has 0 aliphatic rings. The van der Waals surface area contributed by atoms with Gasteiger partial charge in [-0.2, -0.15) is 4.98 Å². The summed E-state index contributed by atoms with van der Waals surface area (Å²) >= 11 is 7.47. The Bertz CT molecular complexity index is 991. The van der Waals surface area contributed by atoms with Gasteiger partial charge in [-0.1, -0.05) is 56.2 Å². The molecule has 0 atom stereocenters. The van der Waals surface area contributed by atoms with Crippen LogP contribution in [0.5, 0.6) is 0 Å². The molecule has 0 saturated heterocycles. The van der Waals surface area contributed by atoms with Crippen LogP contribution in [0.4, 0.5) is 0 Å². The third-order valence-corrected chi connectivity index (χ3v) is 4.99. The molecule has 0 aliphatic heterocycles. The predicted octanol–water partition coefficient (Wildman–Crippen LogP) is 4.43. The molecule has 0 radical (unpaired) electrons. The topological polar surface area (TPSA) is 73.8 Å². The van der Waals surface area contributed by atoms with Crippen molar-refractivity contribution in [3.05, 3.63) is 45.3 Å². The van der Waals surface area contributed by atoms with Crippen LogP contribution in [0.2, 0.25) is 5.02 Å². The molecule has 6 nitrogen and oxygen atoms in total. The van der Waals surface area contributed by atoms with E-state index in [1.54, 1.807) is 22.8 Å². The van der Waals surface area contributed by atoms with Crippen LogP contribution in [-0.4, -0.2) is 19.7 Å². The zero-order valence-electron chi connectivity index (χ0n) is 15.2. The molecule has 0 saturated carbocycles. The first-order chi connectivity index (χ1) is 12.3. The maximum absolute atomic E-state index is 12.8. The third-order valence-electron chi connectivity index (χ3n) is 3.79. The van der Waals surface area contributed by atoms with E-state index < -0.39 is 0 Å². The van der Waals surface area contributed by atoms with Gasteiger partial charge in [0.2, 0.25) is 5.89 Å². The summed E-state index contributed by atoms with van der Waals surface area (Å²) in [6.07, 6.45) is 0.836. The number of hydrogen-bond acceptors (Lipinski definition) is 6. The quantitative estimate of drug-likeness (QED) is 0.472. The summed E-state index contributed by atoms with van der Waals surface area (Å²) in [5, 5.41) is 5.78. The number of hydrogen-bond donors (Lipinski definition) is 0. The van der Waals surface area contributed by atoms with Gasteiger partial charge in [-0.25, -0.2) is 4.98 Å². The Balaban J connectivity index is 1.94. The molecule has 3 rings (SSSR count). The molecule has 0 bridgehead atoms. The van der Waals surface area contributed by atoms with Crippen molar-refractivity contribution >= 4 is 34.3 Å². The van der Waals surface area contributed by atoms with E-state index in [0.29, 0.717) is 45.1 Å². The van der Waals surface area contributed by atoms with Gasteiger partial charge in [-0.05, 0) is 24.6 Å². The Morgan fingerprint density at radius 2 is 2.04 bits per heavy atom. The first kappa shape index (κ1) is 18.9. The van der Waals surface area contributed by atoms with E-state index in [1.807, 2.05) is 27.7 Å². The molecule has 8 heteroatoms. The van der Waals surface area contributed by atoms with Crippen LogP contribution >= 0.6 is 23.4 Å². The summed E-state index contributed by atoms with van der Waals surface area (Å²) in [5.74, 6) is 1.63. The van der Waals surface area contributed by atoms with Crippen molar-refractivity contribution in [2.45, 2.75) is 57.0 Å². The highest BCUT2D eigenvalue weighted by Gasteiger charge is 2.21. The fourth-order valence-corrected chi connectivity index (χ4v) is 3.48. The van der Waals surface area contributed by atoms with E-state index in [2.05, 4.69) is 15.1 Å². The van der Waals surface area contributed by atoms with E-state index in [-0.39, 0.29) is 11.0 Å². The van der Waals surface area contributed by atoms with Gasteiger partial charge in [-0.3, -0.25) is 9.36 Å². The number of aromatic nitrogens is 4. The van der Waals surface area contributed by atoms with Crippen LogP contribution < -0.4 is 5.56 Å². The molecule has 0 amide bonds. The fourth-order valence-electron chi connectivity index (χ4n) is 2.45. The van der Waals surface area contributed by atoms with Crippen LogP contribution in [0, 0.1) is 0 Å². The van der Waals surface area contributed by atoms with Crippen LogP contribution in [0.15, 0.2) is 32.7 Å². The number of halogens is 1. The molecule has 0 N–H and O–H groups in total. The molecule has 2 aromatic heterocycles. The minimum atomic E-state index is -0.172. The van der Waals surface area contributed by atoms with Crippen molar-refractivity contribution < 1.29 is 4.52 Å². The largest absolute Gasteiger partial charge is 0.338 e. The molecular formula is C18H21ClN4O2S. The Morgan fingerprint density at radius 3 is 2.69 bits per heavy atom. The summed E-state index contributed by atoms with van der Waals surface area (Å²) in [5.41, 5.74) is 0.365. The van der Waals surface area contributed by atoms with Gasteiger partial charge in [0.05, 0.1) is 16.7 Å². The first-order valence-electron chi connectivity index (χ1n) is 8.45. The smallest absolute Gasteiger partial charge is 0.262 e. The number of nitrogens with zero attached hydrogens (tertiary/aromatic N) is 4. The molecule has 138 valence electrons. The van der Waals surface area contributed by atoms with Crippen LogP contribution in [0.1, 0.15) is 45.8 Å². The van der Waals surface area contributed by atoms with Crippen molar-refractivity contribution in [2.24, 2.45) is 0 Å². The van der Waals surface area contributed by atoms with Crippen molar-refractivity contribution in [3.63, 3.8) is 0 Å². The summed E-state index contributed by atoms with van der Waals surface area (Å²) in [6, 6.07) is 5.15. The van der Waals surface area contributed by atoms with E-state index in [1.165, 1.54) is 11.8 Å². The third kappa shape index (κ3) is 3.94. The zero-order valence-corrected chi connectivity index (χ0v) is 16.8. The molecule has 0 unspecified atom stereocenters. The molecule has 0 spiro atoms. The summed E-state index contributed by atoms with van der Waals surface area (Å²) in [7, 11) is 0. The highest BCUT2D eigenvalue weighted by Crippen LogP contribution is 2.25. The number of thioether (sulfide) groups is 1. The molecule has 1 aromatic carbocycles. The Kier molecular flexibility index (Phi) is 5.39. The second-order valence-corrected chi connectivity index (χ2v) is 8.44. The van der Waals surface area contributed by atoms with Gasteiger partial charge in [0.1, 0.15) is 0 Å².